The van der Waals surface area contributed by atoms with Crippen LogP contribution in [0.3, 0.4) is 0 Å². The quantitative estimate of drug-likeness (QED) is 0.240. The van der Waals surface area contributed by atoms with Gasteiger partial charge in [-0.3, -0.25) is 0 Å². The first-order chi connectivity index (χ1) is 16.3. The molecule has 2 aromatic carbocycles. The van der Waals surface area contributed by atoms with Crippen LogP contribution in [0.15, 0.2) is 48.5 Å². The maximum absolute atomic E-state index is 11.2. The molecule has 8 nitrogen and oxygen atoms in total. The predicted molar refractivity (Wildman–Crippen MR) is 128 cm³/mol. The Morgan fingerprint density at radius 2 is 1.15 bits per heavy atom. The zero-order valence-electron chi connectivity index (χ0n) is 20.0. The number of benzene rings is 2. The summed E-state index contributed by atoms with van der Waals surface area (Å²) in [6.45, 7) is 5.82. The van der Waals surface area contributed by atoms with Crippen molar-refractivity contribution in [3.05, 3.63) is 59.7 Å². The summed E-state index contributed by atoms with van der Waals surface area (Å²) in [5, 5.41) is 61.2. The Bertz CT molecular complexity index is 860. The number of para-hydroxylation sites is 2. The normalized spacial score (nSPS) is 17.8. The summed E-state index contributed by atoms with van der Waals surface area (Å²) < 4.78 is 11.5. The lowest BCUT2D eigenvalue weighted by molar-refractivity contribution is -0.144. The van der Waals surface area contributed by atoms with Crippen LogP contribution in [-0.2, 0) is 0 Å². The number of aliphatic hydroxyl groups excluding tert-OH is 6. The highest BCUT2D eigenvalue weighted by atomic mass is 16.5. The van der Waals surface area contributed by atoms with E-state index in [1.807, 2.05) is 45.0 Å². The van der Waals surface area contributed by atoms with Gasteiger partial charge in [0.2, 0.25) is 0 Å². The molecule has 190 valence electrons. The highest BCUT2D eigenvalue weighted by Crippen LogP contribution is 2.40. The fourth-order valence-electron chi connectivity index (χ4n) is 4.18. The lowest BCUT2D eigenvalue weighted by Crippen LogP contribution is -2.51. The Hall–Kier alpha value is -2.20. The first kappa shape index (κ1) is 28.0. The first-order valence-corrected chi connectivity index (χ1v) is 11.7. The molecular formula is C26H38O8. The van der Waals surface area contributed by atoms with E-state index in [9.17, 15) is 25.5 Å². The maximum Gasteiger partial charge on any atom is 0.122 e. The molecule has 34 heavy (non-hydrogen) atoms. The van der Waals surface area contributed by atoms with Crippen molar-refractivity contribution in [2.45, 2.75) is 69.5 Å². The largest absolute Gasteiger partial charge is 0.494 e. The zero-order valence-corrected chi connectivity index (χ0v) is 20.0. The van der Waals surface area contributed by atoms with Gasteiger partial charge in [0.25, 0.3) is 0 Å². The summed E-state index contributed by atoms with van der Waals surface area (Å²) in [5.41, 5.74) is 1.57. The van der Waals surface area contributed by atoms with E-state index in [0.29, 0.717) is 30.9 Å². The van der Waals surface area contributed by atoms with E-state index in [0.717, 1.165) is 11.3 Å². The zero-order chi connectivity index (χ0) is 25.3. The van der Waals surface area contributed by atoms with E-state index in [4.69, 9.17) is 14.6 Å². The van der Waals surface area contributed by atoms with Gasteiger partial charge in [-0.25, -0.2) is 0 Å². The third kappa shape index (κ3) is 6.91. The monoisotopic (exact) mass is 478 g/mol. The Labute approximate surface area is 201 Å². The molecule has 0 bridgehead atoms. The van der Waals surface area contributed by atoms with Crippen LogP contribution in [0.2, 0.25) is 0 Å². The average Bonchev–Trinajstić information content (AvgIpc) is 2.86. The van der Waals surface area contributed by atoms with Crippen molar-refractivity contribution in [1.82, 2.24) is 0 Å². The van der Waals surface area contributed by atoms with E-state index >= 15 is 0 Å². The predicted octanol–water partition coefficient (Wildman–Crippen LogP) is 1.56. The number of rotatable bonds is 14. The molecule has 0 aliphatic rings. The van der Waals surface area contributed by atoms with Crippen LogP contribution in [0, 0.1) is 0 Å². The van der Waals surface area contributed by atoms with Crippen molar-refractivity contribution in [2.75, 3.05) is 19.8 Å². The summed E-state index contributed by atoms with van der Waals surface area (Å²) >= 11 is 0. The standard InChI is InChI=1S/C26H38O8/c1-4-33-21-12-8-6-10-17(21)16(3)14-19(18-11-7-9-13-22(18)34-5-2)23(29)25(31)26(32)24(30)20(28)15-27/h6-13,16,19-20,23-32H,4-5,14-15H2,1-3H3/t16?,19?,20-,23?,24+,25+,26-/m0/s1. The SMILES string of the molecule is CCOc1ccccc1C(C)CC(c1ccccc1OCC)C(O)[C@@H](O)[C@@H](O)[C@H](O)[C@@H](O)CO. The third-order valence-electron chi connectivity index (χ3n) is 6.02. The first-order valence-electron chi connectivity index (χ1n) is 11.7. The van der Waals surface area contributed by atoms with Gasteiger partial charge >= 0.3 is 0 Å². The minimum atomic E-state index is -1.88. The Morgan fingerprint density at radius 3 is 1.68 bits per heavy atom. The Kier molecular flexibility index (Phi) is 11.2. The number of aliphatic hydroxyl groups is 6. The van der Waals surface area contributed by atoms with Crippen LogP contribution in [-0.4, -0.2) is 81.0 Å². The van der Waals surface area contributed by atoms with Crippen LogP contribution >= 0.6 is 0 Å². The van der Waals surface area contributed by atoms with Crippen LogP contribution in [0.4, 0.5) is 0 Å². The number of ether oxygens (including phenoxy) is 2. The van der Waals surface area contributed by atoms with Crippen LogP contribution in [0.25, 0.3) is 0 Å². The molecule has 0 amide bonds. The number of hydrogen-bond donors (Lipinski definition) is 6. The fourth-order valence-corrected chi connectivity index (χ4v) is 4.18. The molecule has 0 aliphatic carbocycles. The molecule has 2 rings (SSSR count). The maximum atomic E-state index is 11.2. The van der Waals surface area contributed by atoms with E-state index in [-0.39, 0.29) is 5.92 Å². The topological polar surface area (TPSA) is 140 Å². The Balaban J connectivity index is 2.43. The van der Waals surface area contributed by atoms with Gasteiger partial charge in [-0.2, -0.15) is 0 Å². The molecule has 0 spiro atoms. The summed E-state index contributed by atoms with van der Waals surface area (Å²) in [7, 11) is 0. The molecule has 0 saturated heterocycles. The minimum absolute atomic E-state index is 0.116. The Morgan fingerprint density at radius 1 is 0.676 bits per heavy atom. The molecule has 2 aromatic rings. The number of hydrogen-bond acceptors (Lipinski definition) is 8. The third-order valence-corrected chi connectivity index (χ3v) is 6.02. The molecule has 0 heterocycles. The summed E-state index contributed by atoms with van der Waals surface area (Å²) in [6, 6.07) is 14.8. The second kappa shape index (κ2) is 13.6. The van der Waals surface area contributed by atoms with Crippen LogP contribution in [0.5, 0.6) is 11.5 Å². The van der Waals surface area contributed by atoms with Crippen molar-refractivity contribution >= 4 is 0 Å². The molecule has 6 N–H and O–H groups in total. The molecule has 0 fully saturated rings. The van der Waals surface area contributed by atoms with E-state index in [1.54, 1.807) is 24.3 Å². The van der Waals surface area contributed by atoms with Crippen molar-refractivity contribution in [2.24, 2.45) is 0 Å². The minimum Gasteiger partial charge on any atom is -0.494 e. The molecular weight excluding hydrogens is 440 g/mol. The fraction of sp³-hybridized carbons (Fsp3) is 0.538. The second-order valence-electron chi connectivity index (χ2n) is 8.40. The molecule has 7 atom stereocenters. The highest BCUT2D eigenvalue weighted by Gasteiger charge is 2.39. The molecule has 0 radical (unpaired) electrons. The van der Waals surface area contributed by atoms with Gasteiger partial charge in [0.15, 0.2) is 0 Å². The lowest BCUT2D eigenvalue weighted by Gasteiger charge is -2.34. The lowest BCUT2D eigenvalue weighted by atomic mass is 9.79. The molecule has 0 aliphatic heterocycles. The molecule has 3 unspecified atom stereocenters. The van der Waals surface area contributed by atoms with E-state index in [2.05, 4.69) is 0 Å². The molecule has 0 aromatic heterocycles. The van der Waals surface area contributed by atoms with Gasteiger partial charge in [-0.15, -0.1) is 0 Å². The van der Waals surface area contributed by atoms with Gasteiger partial charge < -0.3 is 40.1 Å². The van der Waals surface area contributed by atoms with E-state index < -0.39 is 43.0 Å². The smallest absolute Gasteiger partial charge is 0.122 e. The van der Waals surface area contributed by atoms with Gasteiger partial charge in [0.1, 0.15) is 35.9 Å². The van der Waals surface area contributed by atoms with Gasteiger partial charge in [-0.05, 0) is 49.4 Å². The summed E-state index contributed by atoms with van der Waals surface area (Å²) in [4.78, 5) is 0. The van der Waals surface area contributed by atoms with E-state index in [1.165, 1.54) is 0 Å². The highest BCUT2D eigenvalue weighted by molar-refractivity contribution is 5.40. The van der Waals surface area contributed by atoms with Gasteiger partial charge in [0.05, 0.1) is 25.9 Å². The van der Waals surface area contributed by atoms with Crippen molar-refractivity contribution in [1.29, 1.82) is 0 Å². The molecule has 8 heteroatoms. The van der Waals surface area contributed by atoms with Crippen molar-refractivity contribution in [3.63, 3.8) is 0 Å². The van der Waals surface area contributed by atoms with Crippen molar-refractivity contribution in [3.8, 4) is 11.5 Å². The second-order valence-corrected chi connectivity index (χ2v) is 8.40. The van der Waals surface area contributed by atoms with Crippen molar-refractivity contribution < 1.29 is 40.1 Å². The summed E-state index contributed by atoms with van der Waals surface area (Å²) in [6.07, 6.45) is -8.34. The van der Waals surface area contributed by atoms with Gasteiger partial charge in [-0.1, -0.05) is 43.3 Å². The van der Waals surface area contributed by atoms with Gasteiger partial charge in [0, 0.05) is 5.92 Å². The summed E-state index contributed by atoms with van der Waals surface area (Å²) in [5.74, 6) is 0.452. The average molecular weight is 479 g/mol. The molecule has 0 saturated carbocycles. The van der Waals surface area contributed by atoms with Crippen LogP contribution < -0.4 is 9.47 Å². The van der Waals surface area contributed by atoms with Crippen LogP contribution in [0.1, 0.15) is 50.2 Å².